The summed E-state index contributed by atoms with van der Waals surface area (Å²) in [5, 5.41) is 3.05. The third-order valence-corrected chi connectivity index (χ3v) is 5.67. The van der Waals surface area contributed by atoms with Crippen molar-refractivity contribution in [1.29, 1.82) is 0 Å². The number of para-hydroxylation sites is 1. The summed E-state index contributed by atoms with van der Waals surface area (Å²) in [4.78, 5) is 27.5. The molecule has 0 saturated heterocycles. The highest BCUT2D eigenvalue weighted by Gasteiger charge is 2.24. The van der Waals surface area contributed by atoms with E-state index in [1.807, 2.05) is 30.3 Å². The van der Waals surface area contributed by atoms with Crippen molar-refractivity contribution in [2.75, 3.05) is 12.4 Å². The molecule has 8 heteroatoms. The number of likely N-dealkylation sites (N-methyl/N-ethyl adjacent to an activating group) is 1. The second-order valence-electron chi connectivity index (χ2n) is 7.22. The predicted octanol–water partition coefficient (Wildman–Crippen LogP) is 3.74. The minimum atomic E-state index is -0.621. The first-order chi connectivity index (χ1) is 14.2. The first-order valence-corrected chi connectivity index (χ1v) is 9.88. The Morgan fingerprint density at radius 3 is 2.50 bits per heavy atom. The van der Waals surface area contributed by atoms with Crippen LogP contribution in [0.25, 0.3) is 5.69 Å². The molecule has 0 saturated carbocycles. The number of carbonyl (C=O) groups excluding carboxylic acids is 1. The summed E-state index contributed by atoms with van der Waals surface area (Å²) in [7, 11) is 3.46. The smallest absolute Gasteiger partial charge is 0.295 e. The Balaban J connectivity index is 1.81. The first kappa shape index (κ1) is 21.8. The SMILES string of the molecule is Cc1c(NC(=O)C(C)N(C)Cc2c(F)cccc2Cl)c(=O)n(-c2ccccc2)n1C. The van der Waals surface area contributed by atoms with Crippen molar-refractivity contribution < 1.29 is 9.18 Å². The molecule has 3 rings (SSSR count). The topological polar surface area (TPSA) is 59.3 Å². The lowest BCUT2D eigenvalue weighted by molar-refractivity contribution is -0.120. The molecule has 1 amide bonds. The molecule has 30 heavy (non-hydrogen) atoms. The van der Waals surface area contributed by atoms with Crippen molar-refractivity contribution in [2.45, 2.75) is 26.4 Å². The second kappa shape index (κ2) is 8.85. The second-order valence-corrected chi connectivity index (χ2v) is 7.62. The van der Waals surface area contributed by atoms with Gasteiger partial charge in [0.25, 0.3) is 5.56 Å². The third-order valence-electron chi connectivity index (χ3n) is 5.31. The van der Waals surface area contributed by atoms with Crippen LogP contribution in [-0.2, 0) is 18.4 Å². The maximum absolute atomic E-state index is 14.1. The molecule has 2 aromatic carbocycles. The van der Waals surface area contributed by atoms with E-state index >= 15 is 0 Å². The van der Waals surface area contributed by atoms with E-state index in [2.05, 4.69) is 5.32 Å². The molecule has 0 bridgehead atoms. The van der Waals surface area contributed by atoms with Gasteiger partial charge in [-0.25, -0.2) is 9.07 Å². The van der Waals surface area contributed by atoms with Gasteiger partial charge in [-0.05, 0) is 45.2 Å². The fraction of sp³-hybridized carbons (Fsp3) is 0.273. The zero-order valence-corrected chi connectivity index (χ0v) is 18.1. The number of hydrogen-bond donors (Lipinski definition) is 1. The van der Waals surface area contributed by atoms with E-state index in [0.29, 0.717) is 22.0 Å². The van der Waals surface area contributed by atoms with Crippen molar-refractivity contribution >= 4 is 23.2 Å². The standard InChI is InChI=1S/C22H24ClFN4O2/c1-14-20(22(30)28(27(14)4)16-9-6-5-7-10-16)25-21(29)15(2)26(3)13-17-18(23)11-8-12-19(17)24/h5-12,15H,13H2,1-4H3,(H,25,29). The molecule has 3 aromatic rings. The summed E-state index contributed by atoms with van der Waals surface area (Å²) in [6.45, 7) is 3.62. The van der Waals surface area contributed by atoms with Gasteiger partial charge in [-0.3, -0.25) is 19.2 Å². The van der Waals surface area contributed by atoms with Gasteiger partial charge < -0.3 is 5.32 Å². The lowest BCUT2D eigenvalue weighted by atomic mass is 10.1. The fourth-order valence-corrected chi connectivity index (χ4v) is 3.43. The molecule has 0 aliphatic carbocycles. The number of halogens is 2. The molecule has 0 aliphatic rings. The molecule has 158 valence electrons. The monoisotopic (exact) mass is 430 g/mol. The highest BCUT2D eigenvalue weighted by Crippen LogP contribution is 2.21. The minimum Gasteiger partial charge on any atom is -0.319 e. The normalized spacial score (nSPS) is 12.2. The van der Waals surface area contributed by atoms with Crippen LogP contribution in [0.4, 0.5) is 10.1 Å². The van der Waals surface area contributed by atoms with Gasteiger partial charge in [0.05, 0.1) is 17.4 Å². The average molecular weight is 431 g/mol. The summed E-state index contributed by atoms with van der Waals surface area (Å²) in [5.74, 6) is -0.789. The van der Waals surface area contributed by atoms with Crippen molar-refractivity contribution in [3.63, 3.8) is 0 Å². The summed E-state index contributed by atoms with van der Waals surface area (Å²) >= 11 is 6.09. The number of aromatic nitrogens is 2. The van der Waals surface area contributed by atoms with E-state index < -0.39 is 11.9 Å². The Bertz CT molecular complexity index is 1100. The number of amides is 1. The molecule has 1 heterocycles. The molecular weight excluding hydrogens is 407 g/mol. The molecule has 1 atom stereocenters. The molecule has 0 spiro atoms. The van der Waals surface area contributed by atoms with E-state index in [1.165, 1.54) is 16.8 Å². The summed E-state index contributed by atoms with van der Waals surface area (Å²) < 4.78 is 17.3. The predicted molar refractivity (Wildman–Crippen MR) is 117 cm³/mol. The number of anilines is 1. The number of rotatable bonds is 6. The number of nitrogens with one attached hydrogen (secondary N) is 1. The maximum Gasteiger partial charge on any atom is 0.295 e. The van der Waals surface area contributed by atoms with Gasteiger partial charge in [0, 0.05) is 24.2 Å². The van der Waals surface area contributed by atoms with Crippen LogP contribution in [0.2, 0.25) is 5.02 Å². The third kappa shape index (κ3) is 4.17. The highest BCUT2D eigenvalue weighted by molar-refractivity contribution is 6.31. The molecule has 0 fully saturated rings. The number of nitrogens with zero attached hydrogens (tertiary/aromatic N) is 3. The maximum atomic E-state index is 14.1. The zero-order valence-electron chi connectivity index (χ0n) is 17.3. The average Bonchev–Trinajstić information content (AvgIpc) is 2.93. The van der Waals surface area contributed by atoms with Crippen LogP contribution in [0, 0.1) is 12.7 Å². The van der Waals surface area contributed by atoms with Crippen LogP contribution >= 0.6 is 11.6 Å². The number of hydrogen-bond acceptors (Lipinski definition) is 3. The van der Waals surface area contributed by atoms with Gasteiger partial charge in [-0.2, -0.15) is 0 Å². The van der Waals surface area contributed by atoms with Crippen LogP contribution in [0.3, 0.4) is 0 Å². The molecular formula is C22H24ClFN4O2. The molecule has 6 nitrogen and oxygen atoms in total. The largest absolute Gasteiger partial charge is 0.319 e. The molecule has 1 unspecified atom stereocenters. The van der Waals surface area contributed by atoms with Gasteiger partial charge >= 0.3 is 0 Å². The fourth-order valence-electron chi connectivity index (χ4n) is 3.21. The van der Waals surface area contributed by atoms with Crippen LogP contribution in [0.5, 0.6) is 0 Å². The van der Waals surface area contributed by atoms with Crippen molar-refractivity contribution in [1.82, 2.24) is 14.3 Å². The van der Waals surface area contributed by atoms with Gasteiger partial charge in [-0.15, -0.1) is 0 Å². The van der Waals surface area contributed by atoms with Crippen molar-refractivity contribution in [2.24, 2.45) is 7.05 Å². The Morgan fingerprint density at radius 2 is 1.87 bits per heavy atom. The highest BCUT2D eigenvalue weighted by atomic mass is 35.5. The quantitative estimate of drug-likeness (QED) is 0.648. The summed E-state index contributed by atoms with van der Waals surface area (Å²) in [5.41, 5.74) is 1.55. The summed E-state index contributed by atoms with van der Waals surface area (Å²) in [6.07, 6.45) is 0. The van der Waals surface area contributed by atoms with Crippen LogP contribution in [-0.4, -0.2) is 33.3 Å². The van der Waals surface area contributed by atoms with E-state index in [-0.39, 0.29) is 23.7 Å². The van der Waals surface area contributed by atoms with Crippen molar-refractivity contribution in [3.05, 3.63) is 81.0 Å². The Labute approximate surface area is 179 Å². The van der Waals surface area contributed by atoms with E-state index in [1.54, 1.807) is 43.6 Å². The Hall–Kier alpha value is -2.90. The molecule has 0 aliphatic heterocycles. The van der Waals surface area contributed by atoms with Crippen LogP contribution in [0.15, 0.2) is 53.3 Å². The lowest BCUT2D eigenvalue weighted by Crippen LogP contribution is -2.40. The van der Waals surface area contributed by atoms with Gasteiger partial charge in [-0.1, -0.05) is 35.9 Å². The van der Waals surface area contributed by atoms with E-state index in [0.717, 1.165) is 0 Å². The number of benzene rings is 2. The van der Waals surface area contributed by atoms with Gasteiger partial charge in [0.15, 0.2) is 0 Å². The Morgan fingerprint density at radius 1 is 1.20 bits per heavy atom. The van der Waals surface area contributed by atoms with Gasteiger partial charge in [0.2, 0.25) is 5.91 Å². The first-order valence-electron chi connectivity index (χ1n) is 9.50. The number of carbonyl (C=O) groups is 1. The molecule has 1 aromatic heterocycles. The molecule has 1 N–H and O–H groups in total. The van der Waals surface area contributed by atoms with Gasteiger partial charge in [0.1, 0.15) is 11.5 Å². The zero-order chi connectivity index (χ0) is 22.0. The van der Waals surface area contributed by atoms with E-state index in [4.69, 9.17) is 11.6 Å². The Kier molecular flexibility index (Phi) is 6.43. The van der Waals surface area contributed by atoms with E-state index in [9.17, 15) is 14.0 Å². The summed E-state index contributed by atoms with van der Waals surface area (Å²) in [6, 6.07) is 13.0. The van der Waals surface area contributed by atoms with Crippen LogP contribution in [0.1, 0.15) is 18.2 Å². The van der Waals surface area contributed by atoms with Crippen molar-refractivity contribution in [3.8, 4) is 5.69 Å². The van der Waals surface area contributed by atoms with Crippen LogP contribution < -0.4 is 10.9 Å². The minimum absolute atomic E-state index is 0.155. The molecule has 0 radical (unpaired) electrons. The lowest BCUT2D eigenvalue weighted by Gasteiger charge is -2.24.